The molecule has 0 saturated heterocycles. The van der Waals surface area contributed by atoms with Crippen LogP contribution in [-0.2, 0) is 19.2 Å². The molecule has 0 fully saturated rings. The van der Waals surface area contributed by atoms with Gasteiger partial charge in [0.05, 0.1) is 0 Å². The molecule has 0 aliphatic carbocycles. The molecule has 0 radical (unpaired) electrons. The minimum absolute atomic E-state index is 0.0161. The summed E-state index contributed by atoms with van der Waals surface area (Å²) in [7, 11) is 0. The van der Waals surface area contributed by atoms with Gasteiger partial charge in [0.1, 0.15) is 0 Å². The monoisotopic (exact) mass is 458 g/mol. The molecule has 0 aliphatic rings. The first kappa shape index (κ1) is 25.1. The van der Waals surface area contributed by atoms with Crippen LogP contribution in [0, 0.1) is 11.8 Å². The molecule has 8 nitrogen and oxygen atoms in total. The predicted molar refractivity (Wildman–Crippen MR) is 122 cm³/mol. The van der Waals surface area contributed by atoms with Gasteiger partial charge in [-0.25, -0.2) is 19.2 Å². The Bertz CT molecular complexity index is 1160. The van der Waals surface area contributed by atoms with Crippen LogP contribution in [0.2, 0.25) is 0 Å². The molecule has 0 N–H and O–H groups in total. The Morgan fingerprint density at radius 3 is 1.12 bits per heavy atom. The molecule has 0 aliphatic heterocycles. The summed E-state index contributed by atoms with van der Waals surface area (Å²) in [5.74, 6) is 2.52. The lowest BCUT2D eigenvalue weighted by molar-refractivity contribution is -0.131. The van der Waals surface area contributed by atoms with Crippen molar-refractivity contribution >= 4 is 23.9 Å². The van der Waals surface area contributed by atoms with Crippen molar-refractivity contribution in [2.75, 3.05) is 0 Å². The highest BCUT2D eigenvalue weighted by Gasteiger charge is 2.13. The lowest BCUT2D eigenvalue weighted by atomic mass is 10.1. The summed E-state index contributed by atoms with van der Waals surface area (Å²) >= 11 is 0. The molecule has 2 aromatic carbocycles. The number of carbonyl (C=O) groups is 4. The fourth-order valence-electron chi connectivity index (χ4n) is 2.24. The zero-order valence-electron chi connectivity index (χ0n) is 17.9. The fraction of sp³-hybridized carbons (Fsp3) is 0. The van der Waals surface area contributed by atoms with Crippen LogP contribution >= 0.6 is 0 Å². The van der Waals surface area contributed by atoms with E-state index in [1.54, 1.807) is 0 Å². The number of hydrogen-bond acceptors (Lipinski definition) is 8. The van der Waals surface area contributed by atoms with Gasteiger partial charge in [0, 0.05) is 47.6 Å². The molecule has 34 heavy (non-hydrogen) atoms. The Labute approximate surface area is 195 Å². The van der Waals surface area contributed by atoms with Gasteiger partial charge >= 0.3 is 23.9 Å². The van der Waals surface area contributed by atoms with E-state index in [2.05, 4.69) is 38.2 Å². The van der Waals surface area contributed by atoms with Gasteiger partial charge in [0.15, 0.2) is 23.0 Å². The van der Waals surface area contributed by atoms with Crippen LogP contribution in [-0.4, -0.2) is 23.9 Å². The van der Waals surface area contributed by atoms with Gasteiger partial charge in [-0.05, 0) is 24.3 Å². The molecule has 0 unspecified atom stereocenters. The highest BCUT2D eigenvalue weighted by Crippen LogP contribution is 2.30. The molecule has 2 rings (SSSR count). The molecule has 0 atom stereocenters. The molecular weight excluding hydrogens is 440 g/mol. The van der Waals surface area contributed by atoms with Crippen LogP contribution in [0.1, 0.15) is 11.1 Å². The van der Waals surface area contributed by atoms with Crippen LogP contribution in [0.3, 0.4) is 0 Å². The van der Waals surface area contributed by atoms with Crippen molar-refractivity contribution in [3.63, 3.8) is 0 Å². The first-order valence-electron chi connectivity index (χ1n) is 9.46. The van der Waals surface area contributed by atoms with Crippen molar-refractivity contribution in [1.82, 2.24) is 0 Å². The average molecular weight is 458 g/mol. The quantitative estimate of drug-likeness (QED) is 0.256. The lowest BCUT2D eigenvalue weighted by Crippen LogP contribution is -2.08. The molecule has 170 valence electrons. The third-order valence-corrected chi connectivity index (χ3v) is 3.75. The van der Waals surface area contributed by atoms with E-state index >= 15 is 0 Å². The zero-order valence-corrected chi connectivity index (χ0v) is 17.9. The predicted octanol–water partition coefficient (Wildman–Crippen LogP) is 3.45. The van der Waals surface area contributed by atoms with E-state index in [1.807, 2.05) is 0 Å². The van der Waals surface area contributed by atoms with Gasteiger partial charge in [-0.2, -0.15) is 0 Å². The van der Waals surface area contributed by atoms with Crippen molar-refractivity contribution in [3.8, 4) is 34.8 Å². The molecule has 0 bridgehead atoms. The van der Waals surface area contributed by atoms with Crippen LogP contribution in [0.15, 0.2) is 87.0 Å². The van der Waals surface area contributed by atoms with Crippen LogP contribution < -0.4 is 18.9 Å². The molecule has 0 spiro atoms. The van der Waals surface area contributed by atoms with E-state index in [0.29, 0.717) is 11.1 Å². The zero-order chi connectivity index (χ0) is 25.1. The van der Waals surface area contributed by atoms with Crippen molar-refractivity contribution in [2.45, 2.75) is 0 Å². The summed E-state index contributed by atoms with van der Waals surface area (Å²) in [6, 6.07) is 8.63. The molecule has 0 aromatic heterocycles. The largest absolute Gasteiger partial charge is 0.419 e. The highest BCUT2D eigenvalue weighted by molar-refractivity contribution is 5.87. The standard InChI is InChI=1S/C26H18O8/c1-5-23(27)31-19-13-11-17(15-21(19)33-25(29)7-3)9-10-18-12-14-20(32-24(28)6-2)22(16-18)34-26(30)8-4/h5-8,11-16H,1-4H2. The molecule has 0 amide bonds. The van der Waals surface area contributed by atoms with E-state index in [1.165, 1.54) is 36.4 Å². The normalized spacial score (nSPS) is 9.29. The van der Waals surface area contributed by atoms with Crippen molar-refractivity contribution in [2.24, 2.45) is 0 Å². The number of carbonyl (C=O) groups excluding carboxylic acids is 4. The molecule has 2 aromatic rings. The van der Waals surface area contributed by atoms with Gasteiger partial charge in [-0.1, -0.05) is 38.2 Å². The minimum atomic E-state index is -0.764. The van der Waals surface area contributed by atoms with E-state index in [0.717, 1.165) is 24.3 Å². The van der Waals surface area contributed by atoms with Gasteiger partial charge in [0.2, 0.25) is 0 Å². The lowest BCUT2D eigenvalue weighted by Gasteiger charge is -2.09. The first-order chi connectivity index (χ1) is 16.3. The van der Waals surface area contributed by atoms with Crippen LogP contribution in [0.25, 0.3) is 0 Å². The number of rotatable bonds is 8. The summed E-state index contributed by atoms with van der Waals surface area (Å²) in [4.78, 5) is 46.3. The maximum atomic E-state index is 11.6. The molecule has 0 saturated carbocycles. The number of hydrogen-bond donors (Lipinski definition) is 0. The van der Waals surface area contributed by atoms with Crippen molar-refractivity contribution < 1.29 is 38.1 Å². The topological polar surface area (TPSA) is 105 Å². The third-order valence-electron chi connectivity index (χ3n) is 3.75. The first-order valence-corrected chi connectivity index (χ1v) is 9.46. The fourth-order valence-corrected chi connectivity index (χ4v) is 2.24. The summed E-state index contributed by atoms with van der Waals surface area (Å²) in [6.07, 6.45) is 3.81. The Morgan fingerprint density at radius 1 is 0.529 bits per heavy atom. The van der Waals surface area contributed by atoms with Gasteiger partial charge in [-0.15, -0.1) is 0 Å². The second-order valence-corrected chi connectivity index (χ2v) is 6.07. The van der Waals surface area contributed by atoms with E-state index in [4.69, 9.17) is 18.9 Å². The van der Waals surface area contributed by atoms with E-state index < -0.39 is 23.9 Å². The molecular formula is C26H18O8. The maximum absolute atomic E-state index is 11.6. The second-order valence-electron chi connectivity index (χ2n) is 6.07. The second kappa shape index (κ2) is 12.0. The van der Waals surface area contributed by atoms with E-state index in [-0.39, 0.29) is 23.0 Å². The summed E-state index contributed by atoms with van der Waals surface area (Å²) < 4.78 is 20.3. The average Bonchev–Trinajstić information content (AvgIpc) is 2.84. The Kier molecular flexibility index (Phi) is 8.88. The van der Waals surface area contributed by atoms with Crippen LogP contribution in [0.4, 0.5) is 0 Å². The summed E-state index contributed by atoms with van der Waals surface area (Å²) in [6.45, 7) is 13.3. The summed E-state index contributed by atoms with van der Waals surface area (Å²) in [5, 5.41) is 0. The number of benzene rings is 2. The minimum Gasteiger partial charge on any atom is -0.419 e. The van der Waals surface area contributed by atoms with Gasteiger partial charge in [0.25, 0.3) is 0 Å². The number of ether oxygens (including phenoxy) is 4. The van der Waals surface area contributed by atoms with Crippen molar-refractivity contribution in [1.29, 1.82) is 0 Å². The van der Waals surface area contributed by atoms with Crippen LogP contribution in [0.5, 0.6) is 23.0 Å². The SMILES string of the molecule is C=CC(=O)Oc1ccc(C#Cc2ccc(OC(=O)C=C)c(OC(=O)C=C)c2)cc1OC(=O)C=C. The molecule has 0 heterocycles. The molecule has 8 heteroatoms. The number of esters is 4. The van der Waals surface area contributed by atoms with Crippen molar-refractivity contribution in [3.05, 3.63) is 98.1 Å². The Balaban J connectivity index is 2.42. The van der Waals surface area contributed by atoms with Gasteiger partial charge in [-0.3, -0.25) is 0 Å². The summed E-state index contributed by atoms with van der Waals surface area (Å²) in [5.41, 5.74) is 0.800. The maximum Gasteiger partial charge on any atom is 0.335 e. The third kappa shape index (κ3) is 7.21. The Hall–Kier alpha value is -5.16. The Morgan fingerprint density at radius 2 is 0.824 bits per heavy atom. The van der Waals surface area contributed by atoms with E-state index in [9.17, 15) is 19.2 Å². The smallest absolute Gasteiger partial charge is 0.335 e. The van der Waals surface area contributed by atoms with Gasteiger partial charge < -0.3 is 18.9 Å². The highest BCUT2D eigenvalue weighted by atomic mass is 16.6.